The van der Waals surface area contributed by atoms with Crippen LogP contribution in [0.3, 0.4) is 0 Å². The molecule has 2 saturated carbocycles. The number of hydrogen-bond donors (Lipinski definition) is 2. The number of aromatic nitrogens is 2. The lowest BCUT2D eigenvalue weighted by molar-refractivity contribution is -0.0243. The zero-order valence-corrected chi connectivity index (χ0v) is 25.2. The van der Waals surface area contributed by atoms with Crippen LogP contribution in [0.25, 0.3) is 22.9 Å². The summed E-state index contributed by atoms with van der Waals surface area (Å²) >= 11 is 0. The highest BCUT2D eigenvalue weighted by Crippen LogP contribution is 2.27. The Morgan fingerprint density at radius 3 is 1.41 bits per heavy atom. The van der Waals surface area contributed by atoms with Crippen molar-refractivity contribution in [3.05, 3.63) is 83.1 Å². The highest BCUT2D eigenvalue weighted by Gasteiger charge is 2.23. The molecular weight excluding hydrogens is 570 g/mol. The SMILES string of the molecule is Cc1oc(-c2ccc(F)cc2)nc1CO[C@@H]1CCC[C@H](O)C1.Cc1oc(-c2ccc(F)cc2)nc1CO[C@H]1CCC[C@@H](O)C1. The molecule has 0 saturated heterocycles. The van der Waals surface area contributed by atoms with Gasteiger partial charge < -0.3 is 28.5 Å². The number of aryl methyl sites for hydroxylation is 2. The summed E-state index contributed by atoms with van der Waals surface area (Å²) in [5, 5.41) is 19.3. The Morgan fingerprint density at radius 2 is 1.05 bits per heavy atom. The maximum absolute atomic E-state index is 13.0. The van der Waals surface area contributed by atoms with E-state index in [1.165, 1.54) is 24.3 Å². The summed E-state index contributed by atoms with van der Waals surface area (Å²) in [7, 11) is 0. The topological polar surface area (TPSA) is 111 Å². The van der Waals surface area contributed by atoms with Crippen LogP contribution < -0.4 is 0 Å². The monoisotopic (exact) mass is 610 g/mol. The van der Waals surface area contributed by atoms with Crippen LogP contribution in [0.2, 0.25) is 0 Å². The van der Waals surface area contributed by atoms with Gasteiger partial charge in [0.25, 0.3) is 0 Å². The highest BCUT2D eigenvalue weighted by atomic mass is 19.1. The van der Waals surface area contributed by atoms with Crippen LogP contribution in [-0.4, -0.2) is 44.6 Å². The lowest BCUT2D eigenvalue weighted by atomic mass is 9.95. The zero-order chi connectivity index (χ0) is 31.1. The molecule has 0 aliphatic heterocycles. The molecule has 0 amide bonds. The van der Waals surface area contributed by atoms with E-state index in [2.05, 4.69) is 9.97 Å². The fraction of sp³-hybridized carbons (Fsp3) is 0.471. The molecule has 6 rings (SSSR count). The number of benzene rings is 2. The predicted octanol–water partition coefficient (Wildman–Crippen LogP) is 7.22. The number of oxazole rings is 2. The first-order valence-electron chi connectivity index (χ1n) is 15.3. The molecule has 8 nitrogen and oxygen atoms in total. The zero-order valence-electron chi connectivity index (χ0n) is 25.2. The molecule has 2 N–H and O–H groups in total. The molecule has 0 unspecified atom stereocenters. The average Bonchev–Trinajstić information content (AvgIpc) is 3.57. The largest absolute Gasteiger partial charge is 0.441 e. The quantitative estimate of drug-likeness (QED) is 0.215. The molecule has 2 aliphatic rings. The second-order valence-electron chi connectivity index (χ2n) is 11.6. The molecule has 4 aromatic rings. The molecule has 2 aromatic carbocycles. The fourth-order valence-electron chi connectivity index (χ4n) is 5.49. The first-order chi connectivity index (χ1) is 21.2. The summed E-state index contributed by atoms with van der Waals surface area (Å²) in [5.41, 5.74) is 2.98. The minimum Gasteiger partial charge on any atom is -0.441 e. The Hall–Kier alpha value is -3.44. The van der Waals surface area contributed by atoms with Gasteiger partial charge in [-0.15, -0.1) is 0 Å². The van der Waals surface area contributed by atoms with Crippen molar-refractivity contribution >= 4 is 0 Å². The number of ether oxygens (including phenoxy) is 2. The van der Waals surface area contributed by atoms with E-state index in [1.807, 2.05) is 13.8 Å². The van der Waals surface area contributed by atoms with Crippen molar-refractivity contribution in [3.63, 3.8) is 0 Å². The first kappa shape index (κ1) is 32.0. The Labute approximate surface area is 256 Å². The van der Waals surface area contributed by atoms with Gasteiger partial charge in [-0.2, -0.15) is 0 Å². The number of halogens is 2. The van der Waals surface area contributed by atoms with Gasteiger partial charge in [0, 0.05) is 11.1 Å². The molecule has 10 heteroatoms. The molecule has 236 valence electrons. The van der Waals surface area contributed by atoms with Crippen LogP contribution >= 0.6 is 0 Å². The van der Waals surface area contributed by atoms with E-state index in [0.717, 1.165) is 61.0 Å². The van der Waals surface area contributed by atoms with E-state index in [4.69, 9.17) is 18.3 Å². The minimum absolute atomic E-state index is 0.0779. The summed E-state index contributed by atoms with van der Waals surface area (Å²) in [4.78, 5) is 8.87. The average molecular weight is 611 g/mol. The van der Waals surface area contributed by atoms with Crippen LogP contribution in [0.1, 0.15) is 74.3 Å². The lowest BCUT2D eigenvalue weighted by Crippen LogP contribution is -2.25. The maximum atomic E-state index is 13.0. The van der Waals surface area contributed by atoms with Crippen molar-refractivity contribution in [2.75, 3.05) is 0 Å². The predicted molar refractivity (Wildman–Crippen MR) is 159 cm³/mol. The number of aliphatic hydroxyl groups is 2. The number of rotatable bonds is 8. The summed E-state index contributed by atoms with van der Waals surface area (Å²) in [6.45, 7) is 4.42. The Kier molecular flexibility index (Phi) is 10.9. The summed E-state index contributed by atoms with van der Waals surface area (Å²) in [6.07, 6.45) is 6.65. The van der Waals surface area contributed by atoms with Gasteiger partial charge in [0.05, 0.1) is 37.6 Å². The Bertz CT molecular complexity index is 1360. The van der Waals surface area contributed by atoms with Crippen molar-refractivity contribution in [2.24, 2.45) is 0 Å². The molecule has 4 atom stereocenters. The Morgan fingerprint density at radius 1 is 0.659 bits per heavy atom. The highest BCUT2D eigenvalue weighted by molar-refractivity contribution is 5.54. The fourth-order valence-corrected chi connectivity index (χ4v) is 5.49. The molecule has 44 heavy (non-hydrogen) atoms. The van der Waals surface area contributed by atoms with Crippen LogP contribution in [-0.2, 0) is 22.7 Å². The molecule has 0 bridgehead atoms. The molecular formula is C34H40F2N2O6. The molecule has 2 aromatic heterocycles. The van der Waals surface area contributed by atoms with Crippen molar-refractivity contribution < 1.29 is 37.3 Å². The van der Waals surface area contributed by atoms with Gasteiger partial charge in [-0.3, -0.25) is 0 Å². The van der Waals surface area contributed by atoms with Crippen molar-refractivity contribution in [3.8, 4) is 22.9 Å². The molecule has 2 fully saturated rings. The van der Waals surface area contributed by atoms with Crippen LogP contribution in [0.15, 0.2) is 57.4 Å². The second-order valence-corrected chi connectivity index (χ2v) is 11.6. The third kappa shape index (κ3) is 8.81. The van der Waals surface area contributed by atoms with E-state index >= 15 is 0 Å². The van der Waals surface area contributed by atoms with E-state index < -0.39 is 0 Å². The number of hydrogen-bond acceptors (Lipinski definition) is 8. The molecule has 0 radical (unpaired) electrons. The van der Waals surface area contributed by atoms with Gasteiger partial charge in [0.15, 0.2) is 0 Å². The van der Waals surface area contributed by atoms with Gasteiger partial charge in [-0.05, 0) is 114 Å². The molecule has 2 aliphatic carbocycles. The standard InChI is InChI=1S/2C17H20FNO3/c2*1-11-16(10-21-15-4-2-3-14(20)9-15)19-17(22-11)12-5-7-13(18)8-6-12/h2*5-8,14-15,20H,2-4,9-10H2,1H3/t2*14-,15+/m10/s1. The van der Waals surface area contributed by atoms with Gasteiger partial charge in [-0.1, -0.05) is 0 Å². The van der Waals surface area contributed by atoms with Gasteiger partial charge in [0.1, 0.15) is 34.5 Å². The second kappa shape index (κ2) is 15.0. The number of nitrogens with zero attached hydrogens (tertiary/aromatic N) is 2. The van der Waals surface area contributed by atoms with E-state index in [0.29, 0.717) is 49.4 Å². The van der Waals surface area contributed by atoms with Gasteiger partial charge >= 0.3 is 0 Å². The van der Waals surface area contributed by atoms with Crippen molar-refractivity contribution in [2.45, 2.75) is 103 Å². The summed E-state index contributed by atoms with van der Waals surface area (Å²) in [6, 6.07) is 12.1. The third-order valence-corrected chi connectivity index (χ3v) is 8.08. The van der Waals surface area contributed by atoms with Gasteiger partial charge in [-0.25, -0.2) is 18.7 Å². The third-order valence-electron chi connectivity index (χ3n) is 8.08. The minimum atomic E-state index is -0.286. The molecule has 2 heterocycles. The van der Waals surface area contributed by atoms with E-state index in [1.54, 1.807) is 24.3 Å². The normalized spacial score (nSPS) is 22.0. The lowest BCUT2D eigenvalue weighted by Gasteiger charge is -2.25. The molecule has 0 spiro atoms. The van der Waals surface area contributed by atoms with E-state index in [9.17, 15) is 19.0 Å². The van der Waals surface area contributed by atoms with Crippen molar-refractivity contribution in [1.29, 1.82) is 0 Å². The smallest absolute Gasteiger partial charge is 0.226 e. The maximum Gasteiger partial charge on any atom is 0.226 e. The van der Waals surface area contributed by atoms with Gasteiger partial charge in [0.2, 0.25) is 11.8 Å². The Balaban J connectivity index is 0.000000175. The number of aliphatic hydroxyl groups excluding tert-OH is 2. The van der Waals surface area contributed by atoms with Crippen molar-refractivity contribution in [1.82, 2.24) is 9.97 Å². The van der Waals surface area contributed by atoms with Crippen LogP contribution in [0, 0.1) is 25.5 Å². The van der Waals surface area contributed by atoms with Crippen LogP contribution in [0.4, 0.5) is 8.78 Å². The van der Waals surface area contributed by atoms with E-state index in [-0.39, 0.29) is 36.1 Å². The first-order valence-corrected chi connectivity index (χ1v) is 15.3. The summed E-state index contributed by atoms with van der Waals surface area (Å²) in [5.74, 6) is 1.78. The summed E-state index contributed by atoms with van der Waals surface area (Å²) < 4.78 is 48.9. The van der Waals surface area contributed by atoms with Crippen LogP contribution in [0.5, 0.6) is 0 Å².